The Hall–Kier alpha value is -0.900. The van der Waals surface area contributed by atoms with Gasteiger partial charge >= 0.3 is 0 Å². The summed E-state index contributed by atoms with van der Waals surface area (Å²) >= 11 is 0. The van der Waals surface area contributed by atoms with Gasteiger partial charge in [0, 0.05) is 32.7 Å². The molecule has 2 fully saturated rings. The summed E-state index contributed by atoms with van der Waals surface area (Å²) in [7, 11) is 2.22. The van der Waals surface area contributed by atoms with E-state index in [1.54, 1.807) is 5.56 Å². The SMILES string of the molecule is CN1CCN(CCc2ccc(C3CCNCC3)cc2)CC1. The van der Waals surface area contributed by atoms with E-state index >= 15 is 0 Å². The standard InChI is InChI=1S/C18H29N3/c1-20-12-14-21(15-13-20)11-8-16-2-4-17(5-3-16)18-6-9-19-10-7-18/h2-5,18-19H,6-15H2,1H3. The molecule has 1 N–H and O–H groups in total. The van der Waals surface area contributed by atoms with E-state index in [-0.39, 0.29) is 0 Å². The molecule has 0 atom stereocenters. The molecule has 0 spiro atoms. The normalized spacial score (nSPS) is 22.5. The molecular formula is C18H29N3. The Morgan fingerprint density at radius 2 is 1.67 bits per heavy atom. The summed E-state index contributed by atoms with van der Waals surface area (Å²) in [6.45, 7) is 8.45. The topological polar surface area (TPSA) is 18.5 Å². The van der Waals surface area contributed by atoms with Crippen molar-refractivity contribution in [1.82, 2.24) is 15.1 Å². The van der Waals surface area contributed by atoms with Crippen LogP contribution in [0.1, 0.15) is 29.9 Å². The third-order valence-electron chi connectivity index (χ3n) is 5.10. The molecule has 0 radical (unpaired) electrons. The molecule has 0 bridgehead atoms. The number of benzene rings is 1. The minimum Gasteiger partial charge on any atom is -0.317 e. The highest BCUT2D eigenvalue weighted by Crippen LogP contribution is 2.25. The summed E-state index contributed by atoms with van der Waals surface area (Å²) in [6.07, 6.45) is 3.78. The fraction of sp³-hybridized carbons (Fsp3) is 0.667. The van der Waals surface area contributed by atoms with Crippen molar-refractivity contribution in [1.29, 1.82) is 0 Å². The Kier molecular flexibility index (Phi) is 5.28. The molecule has 3 heteroatoms. The van der Waals surface area contributed by atoms with E-state index < -0.39 is 0 Å². The van der Waals surface area contributed by atoms with Gasteiger partial charge in [0.05, 0.1) is 0 Å². The summed E-state index contributed by atoms with van der Waals surface area (Å²) < 4.78 is 0. The van der Waals surface area contributed by atoms with Gasteiger partial charge in [-0.05, 0) is 56.4 Å². The van der Waals surface area contributed by atoms with Crippen molar-refractivity contribution >= 4 is 0 Å². The quantitative estimate of drug-likeness (QED) is 0.913. The molecule has 3 rings (SSSR count). The van der Waals surface area contributed by atoms with E-state index in [1.807, 2.05) is 0 Å². The average Bonchev–Trinajstić information content (AvgIpc) is 2.56. The van der Waals surface area contributed by atoms with Gasteiger partial charge in [0.15, 0.2) is 0 Å². The molecule has 1 aromatic rings. The van der Waals surface area contributed by atoms with Crippen molar-refractivity contribution in [3.05, 3.63) is 35.4 Å². The lowest BCUT2D eigenvalue weighted by Crippen LogP contribution is -2.45. The lowest BCUT2D eigenvalue weighted by molar-refractivity contribution is 0.155. The summed E-state index contributed by atoms with van der Waals surface area (Å²) in [5, 5.41) is 3.45. The second-order valence-electron chi connectivity index (χ2n) is 6.66. The molecule has 0 aliphatic carbocycles. The van der Waals surface area contributed by atoms with E-state index in [4.69, 9.17) is 0 Å². The predicted molar refractivity (Wildman–Crippen MR) is 88.9 cm³/mol. The van der Waals surface area contributed by atoms with Crippen LogP contribution in [0.15, 0.2) is 24.3 Å². The number of nitrogens with one attached hydrogen (secondary N) is 1. The summed E-state index contributed by atoms with van der Waals surface area (Å²) in [6, 6.07) is 9.45. The lowest BCUT2D eigenvalue weighted by atomic mass is 9.89. The van der Waals surface area contributed by atoms with Crippen LogP contribution < -0.4 is 5.32 Å². The van der Waals surface area contributed by atoms with Gasteiger partial charge in [0.1, 0.15) is 0 Å². The Bertz CT molecular complexity index is 415. The van der Waals surface area contributed by atoms with Crippen molar-refractivity contribution in [3.8, 4) is 0 Å². The third kappa shape index (κ3) is 4.29. The number of likely N-dealkylation sites (N-methyl/N-ethyl adjacent to an activating group) is 1. The fourth-order valence-corrected chi connectivity index (χ4v) is 3.47. The molecule has 3 nitrogen and oxygen atoms in total. The predicted octanol–water partition coefficient (Wildman–Crippen LogP) is 1.94. The Labute approximate surface area is 129 Å². The van der Waals surface area contributed by atoms with Crippen molar-refractivity contribution in [2.45, 2.75) is 25.2 Å². The van der Waals surface area contributed by atoms with E-state index in [1.165, 1.54) is 70.6 Å². The van der Waals surface area contributed by atoms with Gasteiger partial charge in [-0.2, -0.15) is 0 Å². The first-order valence-corrected chi connectivity index (χ1v) is 8.52. The van der Waals surface area contributed by atoms with E-state index in [0.717, 1.165) is 5.92 Å². The number of hydrogen-bond acceptors (Lipinski definition) is 3. The Balaban J connectivity index is 1.48. The van der Waals surface area contributed by atoms with Crippen LogP contribution >= 0.6 is 0 Å². The Morgan fingerprint density at radius 3 is 2.33 bits per heavy atom. The maximum absolute atomic E-state index is 3.45. The number of rotatable bonds is 4. The highest BCUT2D eigenvalue weighted by molar-refractivity contribution is 5.26. The number of piperidine rings is 1. The van der Waals surface area contributed by atoms with Crippen molar-refractivity contribution in [2.75, 3.05) is 52.9 Å². The second-order valence-corrected chi connectivity index (χ2v) is 6.66. The van der Waals surface area contributed by atoms with E-state index in [9.17, 15) is 0 Å². The van der Waals surface area contributed by atoms with Crippen LogP contribution in [0, 0.1) is 0 Å². The molecule has 0 saturated carbocycles. The van der Waals surface area contributed by atoms with Crippen molar-refractivity contribution < 1.29 is 0 Å². The van der Waals surface area contributed by atoms with Gasteiger partial charge in [0.2, 0.25) is 0 Å². The number of piperazine rings is 1. The molecule has 21 heavy (non-hydrogen) atoms. The summed E-state index contributed by atoms with van der Waals surface area (Å²) in [4.78, 5) is 5.02. The van der Waals surface area contributed by atoms with Crippen LogP contribution in [-0.2, 0) is 6.42 Å². The first-order valence-electron chi connectivity index (χ1n) is 8.52. The number of nitrogens with zero attached hydrogens (tertiary/aromatic N) is 2. The fourth-order valence-electron chi connectivity index (χ4n) is 3.47. The van der Waals surface area contributed by atoms with E-state index in [2.05, 4.69) is 46.4 Å². The maximum Gasteiger partial charge on any atom is 0.0110 e. The van der Waals surface area contributed by atoms with Gasteiger partial charge < -0.3 is 15.1 Å². The monoisotopic (exact) mass is 287 g/mol. The molecule has 0 unspecified atom stereocenters. The van der Waals surface area contributed by atoms with Crippen molar-refractivity contribution in [2.24, 2.45) is 0 Å². The van der Waals surface area contributed by atoms with Gasteiger partial charge in [0.25, 0.3) is 0 Å². The maximum atomic E-state index is 3.45. The highest BCUT2D eigenvalue weighted by Gasteiger charge is 2.15. The van der Waals surface area contributed by atoms with Crippen LogP contribution in [0.2, 0.25) is 0 Å². The molecule has 1 aromatic carbocycles. The Morgan fingerprint density at radius 1 is 1.00 bits per heavy atom. The zero-order chi connectivity index (χ0) is 14.5. The summed E-state index contributed by atoms with van der Waals surface area (Å²) in [5.41, 5.74) is 3.03. The van der Waals surface area contributed by atoms with Gasteiger partial charge in [-0.15, -0.1) is 0 Å². The second kappa shape index (κ2) is 7.39. The first kappa shape index (κ1) is 15.0. The molecule has 2 saturated heterocycles. The van der Waals surface area contributed by atoms with Gasteiger partial charge in [-0.3, -0.25) is 0 Å². The molecule has 2 aliphatic rings. The largest absolute Gasteiger partial charge is 0.317 e. The van der Waals surface area contributed by atoms with Crippen LogP contribution in [0.4, 0.5) is 0 Å². The minimum atomic E-state index is 0.776. The molecule has 116 valence electrons. The average molecular weight is 287 g/mol. The zero-order valence-electron chi connectivity index (χ0n) is 13.4. The molecule has 0 amide bonds. The minimum absolute atomic E-state index is 0.776. The van der Waals surface area contributed by atoms with Crippen LogP contribution in [0.5, 0.6) is 0 Å². The van der Waals surface area contributed by atoms with Crippen LogP contribution in [0.3, 0.4) is 0 Å². The third-order valence-corrected chi connectivity index (χ3v) is 5.10. The molecule has 2 aliphatic heterocycles. The molecule has 2 heterocycles. The highest BCUT2D eigenvalue weighted by atomic mass is 15.2. The summed E-state index contributed by atoms with van der Waals surface area (Å²) in [5.74, 6) is 0.776. The van der Waals surface area contributed by atoms with E-state index in [0.29, 0.717) is 0 Å². The smallest absolute Gasteiger partial charge is 0.0110 e. The zero-order valence-corrected chi connectivity index (χ0v) is 13.4. The molecular weight excluding hydrogens is 258 g/mol. The first-order chi connectivity index (χ1) is 10.3. The van der Waals surface area contributed by atoms with Crippen molar-refractivity contribution in [3.63, 3.8) is 0 Å². The van der Waals surface area contributed by atoms with Crippen LogP contribution in [-0.4, -0.2) is 62.7 Å². The lowest BCUT2D eigenvalue weighted by Gasteiger charge is -2.32. The molecule has 0 aromatic heterocycles. The van der Waals surface area contributed by atoms with Gasteiger partial charge in [-0.1, -0.05) is 24.3 Å². The van der Waals surface area contributed by atoms with Gasteiger partial charge in [-0.25, -0.2) is 0 Å². The number of hydrogen-bond donors (Lipinski definition) is 1. The van der Waals surface area contributed by atoms with Crippen LogP contribution in [0.25, 0.3) is 0 Å².